The van der Waals surface area contributed by atoms with Crippen LogP contribution in [-0.2, 0) is 28.9 Å². The van der Waals surface area contributed by atoms with Crippen molar-refractivity contribution >= 4 is 11.9 Å². The summed E-state index contributed by atoms with van der Waals surface area (Å²) in [4.78, 5) is 24.4. The molecule has 0 aliphatic rings. The number of benzene rings is 2. The Morgan fingerprint density at radius 3 is 1.88 bits per heavy atom. The predicted octanol–water partition coefficient (Wildman–Crippen LogP) is 6.06. The van der Waals surface area contributed by atoms with Crippen LogP contribution in [0.15, 0.2) is 48.5 Å². The van der Waals surface area contributed by atoms with Crippen molar-refractivity contribution in [3.8, 4) is 5.75 Å². The van der Waals surface area contributed by atoms with Gasteiger partial charge in [0.05, 0.1) is 12.2 Å². The minimum absolute atomic E-state index is 0.00383. The molecule has 0 heterocycles. The molecule has 0 atom stereocenters. The molecule has 0 fully saturated rings. The highest BCUT2D eigenvalue weighted by Gasteiger charge is 2.30. The van der Waals surface area contributed by atoms with Crippen LogP contribution in [0.25, 0.3) is 0 Å². The van der Waals surface area contributed by atoms with Gasteiger partial charge in [0.2, 0.25) is 0 Å². The molecule has 1 amide bonds. The zero-order chi connectivity index (χ0) is 24.3. The van der Waals surface area contributed by atoms with Gasteiger partial charge in [0, 0.05) is 13.1 Å². The number of halogens is 3. The van der Waals surface area contributed by atoms with Crippen molar-refractivity contribution in [2.45, 2.75) is 64.7 Å². The standard InChI is InChI=1S/C25H30F3NO4/c1-2-3-4-5-6-7-16-33-22-14-10-20(11-15-22)18-29(23(30)24(31)32)17-19-8-12-21(13-9-19)25(26,27)28/h8-15H,2-7,16-18H2,1H3,(H,31,32). The Kier molecular flexibility index (Phi) is 10.2. The van der Waals surface area contributed by atoms with Gasteiger partial charge in [-0.1, -0.05) is 63.3 Å². The number of hydrogen-bond donors (Lipinski definition) is 1. The first-order valence-corrected chi connectivity index (χ1v) is 11.1. The molecular weight excluding hydrogens is 435 g/mol. The van der Waals surface area contributed by atoms with Gasteiger partial charge < -0.3 is 14.7 Å². The number of hydrogen-bond acceptors (Lipinski definition) is 3. The number of aliphatic carboxylic acids is 1. The molecule has 2 rings (SSSR count). The van der Waals surface area contributed by atoms with Gasteiger partial charge in [-0.3, -0.25) is 4.79 Å². The van der Waals surface area contributed by atoms with Crippen LogP contribution in [0.5, 0.6) is 5.75 Å². The molecule has 0 radical (unpaired) electrons. The van der Waals surface area contributed by atoms with Gasteiger partial charge >= 0.3 is 18.1 Å². The number of ether oxygens (including phenoxy) is 1. The lowest BCUT2D eigenvalue weighted by atomic mass is 10.1. The summed E-state index contributed by atoms with van der Waals surface area (Å²) in [6, 6.07) is 11.3. The van der Waals surface area contributed by atoms with Crippen molar-refractivity contribution in [2.75, 3.05) is 6.61 Å². The van der Waals surface area contributed by atoms with Crippen LogP contribution in [-0.4, -0.2) is 28.5 Å². The summed E-state index contributed by atoms with van der Waals surface area (Å²) >= 11 is 0. The molecule has 180 valence electrons. The van der Waals surface area contributed by atoms with E-state index in [4.69, 9.17) is 9.84 Å². The summed E-state index contributed by atoms with van der Waals surface area (Å²) in [6.45, 7) is 2.67. The summed E-state index contributed by atoms with van der Waals surface area (Å²) in [6.07, 6.45) is 2.53. The molecule has 33 heavy (non-hydrogen) atoms. The minimum atomic E-state index is -4.46. The number of unbranched alkanes of at least 4 members (excludes halogenated alkanes) is 5. The predicted molar refractivity (Wildman–Crippen MR) is 119 cm³/mol. The van der Waals surface area contributed by atoms with Gasteiger partial charge in [-0.25, -0.2) is 4.79 Å². The molecule has 0 saturated carbocycles. The Morgan fingerprint density at radius 2 is 1.36 bits per heavy atom. The fraction of sp³-hybridized carbons (Fsp3) is 0.440. The summed E-state index contributed by atoms with van der Waals surface area (Å²) < 4.78 is 44.0. The molecule has 1 N–H and O–H groups in total. The van der Waals surface area contributed by atoms with Crippen LogP contribution in [0.3, 0.4) is 0 Å². The van der Waals surface area contributed by atoms with E-state index in [1.54, 1.807) is 24.3 Å². The van der Waals surface area contributed by atoms with E-state index in [1.165, 1.54) is 37.8 Å². The van der Waals surface area contributed by atoms with Gasteiger partial charge in [0.15, 0.2) is 0 Å². The quantitative estimate of drug-likeness (QED) is 0.306. The van der Waals surface area contributed by atoms with E-state index in [2.05, 4.69) is 6.92 Å². The van der Waals surface area contributed by atoms with Crippen molar-refractivity contribution in [1.82, 2.24) is 4.90 Å². The maximum Gasteiger partial charge on any atom is 0.416 e. The number of carbonyl (C=O) groups excluding carboxylic acids is 1. The van der Waals surface area contributed by atoms with Crippen molar-refractivity contribution in [1.29, 1.82) is 0 Å². The highest BCUT2D eigenvalue weighted by atomic mass is 19.4. The number of carboxylic acids is 1. The van der Waals surface area contributed by atoms with Crippen molar-refractivity contribution in [3.63, 3.8) is 0 Å². The van der Waals surface area contributed by atoms with Crippen LogP contribution in [0.4, 0.5) is 13.2 Å². The van der Waals surface area contributed by atoms with E-state index in [0.717, 1.165) is 29.9 Å². The first-order chi connectivity index (χ1) is 15.7. The topological polar surface area (TPSA) is 66.8 Å². The van der Waals surface area contributed by atoms with Gasteiger partial charge in [-0.15, -0.1) is 0 Å². The molecule has 0 bridgehead atoms. The maximum absolute atomic E-state index is 12.7. The number of rotatable bonds is 12. The summed E-state index contributed by atoms with van der Waals surface area (Å²) in [5, 5.41) is 9.13. The summed E-state index contributed by atoms with van der Waals surface area (Å²) in [5.41, 5.74) is 0.277. The number of carboxylic acid groups (broad SMARTS) is 1. The van der Waals surface area contributed by atoms with Gasteiger partial charge in [0.1, 0.15) is 5.75 Å². The number of amides is 1. The molecule has 0 unspecified atom stereocenters. The lowest BCUT2D eigenvalue weighted by molar-refractivity contribution is -0.156. The van der Waals surface area contributed by atoms with E-state index < -0.39 is 23.6 Å². The van der Waals surface area contributed by atoms with E-state index in [-0.39, 0.29) is 13.1 Å². The molecule has 2 aromatic rings. The molecule has 0 spiro atoms. The monoisotopic (exact) mass is 465 g/mol. The SMILES string of the molecule is CCCCCCCCOc1ccc(CN(Cc2ccc(C(F)(F)F)cc2)C(=O)C(=O)O)cc1. The Morgan fingerprint density at radius 1 is 0.848 bits per heavy atom. The summed E-state index contributed by atoms with van der Waals surface area (Å²) in [7, 11) is 0. The highest BCUT2D eigenvalue weighted by Crippen LogP contribution is 2.29. The molecule has 0 aromatic heterocycles. The molecule has 5 nitrogen and oxygen atoms in total. The second kappa shape index (κ2) is 12.9. The van der Waals surface area contributed by atoms with E-state index >= 15 is 0 Å². The van der Waals surface area contributed by atoms with Crippen LogP contribution in [0.1, 0.15) is 62.1 Å². The van der Waals surface area contributed by atoms with Crippen LogP contribution < -0.4 is 4.74 Å². The Labute approximate surface area is 192 Å². The smallest absolute Gasteiger partial charge is 0.416 e. The number of carbonyl (C=O) groups is 2. The largest absolute Gasteiger partial charge is 0.494 e. The van der Waals surface area contributed by atoms with Crippen LogP contribution in [0, 0.1) is 0 Å². The van der Waals surface area contributed by atoms with E-state index in [0.29, 0.717) is 23.5 Å². The molecule has 0 saturated heterocycles. The Bertz CT molecular complexity index is 880. The third-order valence-electron chi connectivity index (χ3n) is 5.19. The second-order valence-electron chi connectivity index (χ2n) is 7.92. The zero-order valence-corrected chi connectivity index (χ0v) is 18.7. The Balaban J connectivity index is 1.94. The van der Waals surface area contributed by atoms with Gasteiger partial charge in [-0.2, -0.15) is 13.2 Å². The normalized spacial score (nSPS) is 11.3. The van der Waals surface area contributed by atoms with Crippen molar-refractivity contribution in [2.24, 2.45) is 0 Å². The zero-order valence-electron chi connectivity index (χ0n) is 18.7. The first-order valence-electron chi connectivity index (χ1n) is 11.1. The van der Waals surface area contributed by atoms with Crippen molar-refractivity contribution < 1.29 is 32.6 Å². The Hall–Kier alpha value is -3.03. The highest BCUT2D eigenvalue weighted by molar-refractivity contribution is 6.31. The number of nitrogens with zero attached hydrogens (tertiary/aromatic N) is 1. The van der Waals surface area contributed by atoms with Gasteiger partial charge in [-0.05, 0) is 41.8 Å². The van der Waals surface area contributed by atoms with Crippen LogP contribution >= 0.6 is 0 Å². The molecular formula is C25H30F3NO4. The average molecular weight is 466 g/mol. The third kappa shape index (κ3) is 9.16. The minimum Gasteiger partial charge on any atom is -0.494 e. The van der Waals surface area contributed by atoms with Crippen molar-refractivity contribution in [3.05, 3.63) is 65.2 Å². The third-order valence-corrected chi connectivity index (χ3v) is 5.19. The molecule has 2 aromatic carbocycles. The summed E-state index contributed by atoms with van der Waals surface area (Å²) in [5.74, 6) is -2.06. The van der Waals surface area contributed by atoms with E-state index in [9.17, 15) is 22.8 Å². The lowest BCUT2D eigenvalue weighted by Gasteiger charge is -2.21. The fourth-order valence-corrected chi connectivity index (χ4v) is 3.34. The van der Waals surface area contributed by atoms with Gasteiger partial charge in [0.25, 0.3) is 0 Å². The number of alkyl halides is 3. The van der Waals surface area contributed by atoms with E-state index in [1.807, 2.05) is 0 Å². The first kappa shape index (κ1) is 26.2. The molecule has 0 aliphatic heterocycles. The molecule has 8 heteroatoms. The second-order valence-corrected chi connectivity index (χ2v) is 7.92. The lowest BCUT2D eigenvalue weighted by Crippen LogP contribution is -2.35. The maximum atomic E-state index is 12.7. The average Bonchev–Trinajstić information content (AvgIpc) is 2.78. The fourth-order valence-electron chi connectivity index (χ4n) is 3.34. The molecule has 0 aliphatic carbocycles. The van der Waals surface area contributed by atoms with Crippen LogP contribution in [0.2, 0.25) is 0 Å².